The maximum absolute atomic E-state index is 12.4. The molecule has 4 rings (SSSR count). The molecule has 1 aliphatic heterocycles. The van der Waals surface area contributed by atoms with Crippen molar-refractivity contribution < 1.29 is 9.53 Å². The Bertz CT molecular complexity index is 1060. The second kappa shape index (κ2) is 8.61. The Morgan fingerprint density at radius 2 is 1.77 bits per heavy atom. The van der Waals surface area contributed by atoms with Crippen molar-refractivity contribution in [2.24, 2.45) is 0 Å². The largest absolute Gasteiger partial charge is 0.444 e. The summed E-state index contributed by atoms with van der Waals surface area (Å²) in [4.78, 5) is 19.0. The van der Waals surface area contributed by atoms with Crippen LogP contribution in [0.2, 0.25) is 0 Å². The number of fused-ring (bicyclic) bond motifs is 1. The van der Waals surface area contributed by atoms with Crippen LogP contribution in [-0.2, 0) is 11.3 Å². The van der Waals surface area contributed by atoms with Crippen LogP contribution in [0, 0.1) is 6.92 Å². The quantitative estimate of drug-likeness (QED) is 0.630. The Hall–Kier alpha value is -3.02. The summed E-state index contributed by atoms with van der Waals surface area (Å²) in [7, 11) is 0. The molecule has 0 bridgehead atoms. The molecule has 164 valence electrons. The number of imidazole rings is 1. The normalized spacial score (nSPS) is 15.3. The standard InChI is InChI=1S/C25H32N4O2/c1-18-9-5-6-10-19(18)17-29-22-12-8-7-11-21(22)27-23(29)26-20-13-15-28(16-14-20)24(30)31-25(2,3)4/h5-12,20H,13-17H2,1-4H3,(H,26,27). The van der Waals surface area contributed by atoms with Crippen LogP contribution in [0.1, 0.15) is 44.7 Å². The summed E-state index contributed by atoms with van der Waals surface area (Å²) < 4.78 is 7.78. The highest BCUT2D eigenvalue weighted by Gasteiger charge is 2.27. The average Bonchev–Trinajstić information content (AvgIpc) is 3.06. The molecule has 6 heteroatoms. The highest BCUT2D eigenvalue weighted by molar-refractivity contribution is 5.79. The van der Waals surface area contributed by atoms with Gasteiger partial charge in [-0.05, 0) is 63.8 Å². The summed E-state index contributed by atoms with van der Waals surface area (Å²) in [5.41, 5.74) is 4.21. The van der Waals surface area contributed by atoms with E-state index in [1.54, 1.807) is 4.90 Å². The molecular weight excluding hydrogens is 388 g/mol. The molecule has 0 unspecified atom stereocenters. The number of amides is 1. The summed E-state index contributed by atoms with van der Waals surface area (Å²) in [5.74, 6) is 0.889. The first-order valence-corrected chi connectivity index (χ1v) is 11.0. The van der Waals surface area contributed by atoms with Gasteiger partial charge in [-0.2, -0.15) is 0 Å². The molecule has 0 saturated carbocycles. The van der Waals surface area contributed by atoms with E-state index in [0.29, 0.717) is 13.1 Å². The molecule has 3 aromatic rings. The fourth-order valence-corrected chi connectivity index (χ4v) is 4.02. The van der Waals surface area contributed by atoms with Gasteiger partial charge in [0.15, 0.2) is 0 Å². The number of rotatable bonds is 4. The van der Waals surface area contributed by atoms with Crippen LogP contribution in [0.25, 0.3) is 11.0 Å². The Morgan fingerprint density at radius 1 is 1.10 bits per heavy atom. The number of hydrogen-bond donors (Lipinski definition) is 1. The Morgan fingerprint density at radius 3 is 2.48 bits per heavy atom. The molecule has 2 heterocycles. The molecule has 1 aromatic heterocycles. The van der Waals surface area contributed by atoms with E-state index < -0.39 is 5.60 Å². The van der Waals surface area contributed by atoms with E-state index in [9.17, 15) is 4.79 Å². The predicted octanol–water partition coefficient (Wildman–Crippen LogP) is 5.20. The number of nitrogens with one attached hydrogen (secondary N) is 1. The number of benzene rings is 2. The number of carbonyl (C=O) groups excluding carboxylic acids is 1. The Labute approximate surface area is 184 Å². The van der Waals surface area contributed by atoms with E-state index in [4.69, 9.17) is 9.72 Å². The minimum Gasteiger partial charge on any atom is -0.444 e. The highest BCUT2D eigenvalue weighted by atomic mass is 16.6. The molecule has 2 aromatic carbocycles. The number of para-hydroxylation sites is 2. The number of likely N-dealkylation sites (tertiary alicyclic amines) is 1. The van der Waals surface area contributed by atoms with E-state index in [1.807, 2.05) is 26.8 Å². The van der Waals surface area contributed by atoms with Crippen LogP contribution < -0.4 is 5.32 Å². The number of ether oxygens (including phenoxy) is 1. The van der Waals surface area contributed by atoms with Gasteiger partial charge < -0.3 is 19.5 Å². The van der Waals surface area contributed by atoms with E-state index in [-0.39, 0.29) is 12.1 Å². The predicted molar refractivity (Wildman–Crippen MR) is 124 cm³/mol. The van der Waals surface area contributed by atoms with Crippen LogP contribution in [0.5, 0.6) is 0 Å². The number of aryl methyl sites for hydroxylation is 1. The SMILES string of the molecule is Cc1ccccc1Cn1c(NC2CCN(C(=O)OC(C)(C)C)CC2)nc2ccccc21. The lowest BCUT2D eigenvalue weighted by Crippen LogP contribution is -2.44. The van der Waals surface area contributed by atoms with Crippen molar-refractivity contribution in [3.05, 3.63) is 59.7 Å². The van der Waals surface area contributed by atoms with Gasteiger partial charge in [0.25, 0.3) is 0 Å². The zero-order valence-corrected chi connectivity index (χ0v) is 18.9. The van der Waals surface area contributed by atoms with Crippen molar-refractivity contribution in [1.29, 1.82) is 0 Å². The topological polar surface area (TPSA) is 59.4 Å². The molecule has 1 amide bonds. The van der Waals surface area contributed by atoms with Crippen molar-refractivity contribution in [1.82, 2.24) is 14.5 Å². The van der Waals surface area contributed by atoms with Crippen molar-refractivity contribution >= 4 is 23.1 Å². The minimum absolute atomic E-state index is 0.224. The van der Waals surface area contributed by atoms with Gasteiger partial charge >= 0.3 is 6.09 Å². The first-order valence-electron chi connectivity index (χ1n) is 11.0. The van der Waals surface area contributed by atoms with Gasteiger partial charge in [-0.1, -0.05) is 36.4 Å². The van der Waals surface area contributed by atoms with Crippen LogP contribution in [-0.4, -0.2) is 45.3 Å². The first kappa shape index (κ1) is 21.2. The van der Waals surface area contributed by atoms with Gasteiger partial charge in [-0.25, -0.2) is 9.78 Å². The second-order valence-corrected chi connectivity index (χ2v) is 9.32. The lowest BCUT2D eigenvalue weighted by Gasteiger charge is -2.34. The zero-order chi connectivity index (χ0) is 22.0. The molecule has 1 fully saturated rings. The first-order chi connectivity index (χ1) is 14.8. The van der Waals surface area contributed by atoms with Gasteiger partial charge in [0.2, 0.25) is 5.95 Å². The van der Waals surface area contributed by atoms with Gasteiger partial charge in [0, 0.05) is 19.1 Å². The van der Waals surface area contributed by atoms with Crippen molar-refractivity contribution in [3.8, 4) is 0 Å². The zero-order valence-electron chi connectivity index (χ0n) is 18.9. The summed E-state index contributed by atoms with van der Waals surface area (Å²) >= 11 is 0. The van der Waals surface area contributed by atoms with Gasteiger partial charge in [-0.15, -0.1) is 0 Å². The van der Waals surface area contributed by atoms with Crippen molar-refractivity contribution in [2.75, 3.05) is 18.4 Å². The number of carbonyl (C=O) groups is 1. The minimum atomic E-state index is -0.466. The van der Waals surface area contributed by atoms with Crippen LogP contribution in [0.15, 0.2) is 48.5 Å². The summed E-state index contributed by atoms with van der Waals surface area (Å²) in [6.07, 6.45) is 1.51. The third kappa shape index (κ3) is 5.01. The van der Waals surface area contributed by atoms with Crippen LogP contribution >= 0.6 is 0 Å². The van der Waals surface area contributed by atoms with Gasteiger partial charge in [0.1, 0.15) is 5.60 Å². The third-order valence-corrected chi connectivity index (χ3v) is 5.72. The second-order valence-electron chi connectivity index (χ2n) is 9.32. The fraction of sp³-hybridized carbons (Fsp3) is 0.440. The highest BCUT2D eigenvalue weighted by Crippen LogP contribution is 2.25. The maximum atomic E-state index is 12.4. The summed E-state index contributed by atoms with van der Waals surface area (Å²) in [6.45, 7) is 9.99. The Balaban J connectivity index is 1.49. The average molecular weight is 421 g/mol. The van der Waals surface area contributed by atoms with E-state index in [1.165, 1.54) is 11.1 Å². The summed E-state index contributed by atoms with van der Waals surface area (Å²) in [5, 5.41) is 3.66. The fourth-order valence-electron chi connectivity index (χ4n) is 4.02. The molecule has 1 N–H and O–H groups in total. The van der Waals surface area contributed by atoms with Crippen LogP contribution in [0.3, 0.4) is 0 Å². The lowest BCUT2D eigenvalue weighted by atomic mass is 10.1. The molecule has 1 aliphatic rings. The number of piperidine rings is 1. The monoisotopic (exact) mass is 420 g/mol. The number of hydrogen-bond acceptors (Lipinski definition) is 4. The Kier molecular flexibility index (Phi) is 5.90. The van der Waals surface area contributed by atoms with E-state index in [2.05, 4.69) is 59.3 Å². The smallest absolute Gasteiger partial charge is 0.410 e. The van der Waals surface area contributed by atoms with Gasteiger partial charge in [0.05, 0.1) is 17.6 Å². The number of aromatic nitrogens is 2. The van der Waals surface area contributed by atoms with Gasteiger partial charge in [-0.3, -0.25) is 0 Å². The maximum Gasteiger partial charge on any atom is 0.410 e. The molecule has 0 radical (unpaired) electrons. The summed E-state index contributed by atoms with van der Waals surface area (Å²) in [6, 6.07) is 17.0. The number of nitrogens with zero attached hydrogens (tertiary/aromatic N) is 3. The molecular formula is C25H32N4O2. The molecule has 0 aliphatic carbocycles. The number of anilines is 1. The van der Waals surface area contributed by atoms with E-state index >= 15 is 0 Å². The molecule has 1 saturated heterocycles. The van der Waals surface area contributed by atoms with Crippen molar-refractivity contribution in [3.63, 3.8) is 0 Å². The molecule has 31 heavy (non-hydrogen) atoms. The lowest BCUT2D eigenvalue weighted by molar-refractivity contribution is 0.0210. The van der Waals surface area contributed by atoms with E-state index in [0.717, 1.165) is 36.4 Å². The molecule has 6 nitrogen and oxygen atoms in total. The third-order valence-electron chi connectivity index (χ3n) is 5.72. The van der Waals surface area contributed by atoms with Crippen LogP contribution in [0.4, 0.5) is 10.7 Å². The molecule has 0 atom stereocenters. The van der Waals surface area contributed by atoms with Crippen molar-refractivity contribution in [2.45, 2.75) is 58.7 Å². The molecule has 0 spiro atoms.